The summed E-state index contributed by atoms with van der Waals surface area (Å²) in [6.45, 7) is 5.22. The third-order valence-corrected chi connectivity index (χ3v) is 5.73. The summed E-state index contributed by atoms with van der Waals surface area (Å²) in [6.07, 6.45) is 1.16. The van der Waals surface area contributed by atoms with E-state index in [0.717, 1.165) is 30.8 Å². The van der Waals surface area contributed by atoms with Crippen molar-refractivity contribution in [1.82, 2.24) is 4.90 Å². The zero-order valence-electron chi connectivity index (χ0n) is 15.6. The van der Waals surface area contributed by atoms with E-state index in [2.05, 4.69) is 4.90 Å². The molecule has 1 heterocycles. The maximum atomic E-state index is 12.7. The largest absolute Gasteiger partial charge is 0.492 e. The third kappa shape index (κ3) is 4.42. The highest BCUT2D eigenvalue weighted by Crippen LogP contribution is 2.29. The van der Waals surface area contributed by atoms with Crippen molar-refractivity contribution in [3.8, 4) is 5.75 Å². The molecule has 1 saturated heterocycles. The highest BCUT2D eigenvalue weighted by atomic mass is 32.2. The molecule has 0 aromatic heterocycles. The van der Waals surface area contributed by atoms with Crippen LogP contribution in [0.25, 0.3) is 0 Å². The maximum absolute atomic E-state index is 12.7. The third-order valence-electron chi connectivity index (χ3n) is 4.60. The first-order chi connectivity index (χ1) is 12.9. The van der Waals surface area contributed by atoms with Gasteiger partial charge in [0, 0.05) is 38.0 Å². The standard InChI is InChI=1S/C20H24N2O4S/c1-3-26-19-7-5-4-6-18(19)21-12-14-22(15-13-21)20(23)16-8-10-17(11-9-16)27(2,24)25/h4-11H,3,12-15H2,1-2H3. The molecule has 3 rings (SSSR count). The van der Waals surface area contributed by atoms with Crippen LogP contribution in [0, 0.1) is 0 Å². The van der Waals surface area contributed by atoms with E-state index in [0.29, 0.717) is 25.3 Å². The van der Waals surface area contributed by atoms with Crippen molar-refractivity contribution in [3.63, 3.8) is 0 Å². The highest BCUT2D eigenvalue weighted by Gasteiger charge is 2.24. The quantitative estimate of drug-likeness (QED) is 0.787. The number of anilines is 1. The van der Waals surface area contributed by atoms with Crippen LogP contribution in [0.4, 0.5) is 5.69 Å². The molecule has 0 N–H and O–H groups in total. The fourth-order valence-corrected chi connectivity index (χ4v) is 3.80. The van der Waals surface area contributed by atoms with Crippen LogP contribution in [0.2, 0.25) is 0 Å². The molecule has 1 aliphatic heterocycles. The van der Waals surface area contributed by atoms with Crippen molar-refractivity contribution >= 4 is 21.4 Å². The second-order valence-electron chi connectivity index (χ2n) is 6.48. The molecule has 1 aliphatic rings. The first-order valence-electron chi connectivity index (χ1n) is 8.96. The van der Waals surface area contributed by atoms with Crippen LogP contribution in [0.1, 0.15) is 17.3 Å². The molecular formula is C20H24N2O4S. The number of carbonyl (C=O) groups excluding carboxylic acids is 1. The fourth-order valence-electron chi connectivity index (χ4n) is 3.17. The van der Waals surface area contributed by atoms with Gasteiger partial charge in [0.15, 0.2) is 9.84 Å². The first kappa shape index (κ1) is 19.2. The average Bonchev–Trinajstić information content (AvgIpc) is 2.68. The molecule has 2 aromatic rings. The van der Waals surface area contributed by atoms with E-state index in [4.69, 9.17) is 4.74 Å². The molecule has 6 nitrogen and oxygen atoms in total. The molecule has 1 fully saturated rings. The van der Waals surface area contributed by atoms with E-state index in [-0.39, 0.29) is 10.8 Å². The number of sulfone groups is 1. The van der Waals surface area contributed by atoms with Gasteiger partial charge in [-0.3, -0.25) is 4.79 Å². The molecule has 1 amide bonds. The Balaban J connectivity index is 1.66. The summed E-state index contributed by atoms with van der Waals surface area (Å²) in [5.74, 6) is 0.781. The Kier molecular flexibility index (Phi) is 5.70. The van der Waals surface area contributed by atoms with E-state index >= 15 is 0 Å². The molecule has 144 valence electrons. The number of ether oxygens (including phenoxy) is 1. The van der Waals surface area contributed by atoms with Crippen molar-refractivity contribution in [3.05, 3.63) is 54.1 Å². The number of benzene rings is 2. The number of hydrogen-bond acceptors (Lipinski definition) is 5. The summed E-state index contributed by atoms with van der Waals surface area (Å²) < 4.78 is 28.8. The summed E-state index contributed by atoms with van der Waals surface area (Å²) in [6, 6.07) is 14.1. The minimum atomic E-state index is -3.26. The van der Waals surface area contributed by atoms with Crippen molar-refractivity contribution in [1.29, 1.82) is 0 Å². The van der Waals surface area contributed by atoms with Gasteiger partial charge in [0.1, 0.15) is 5.75 Å². The number of hydrogen-bond donors (Lipinski definition) is 0. The lowest BCUT2D eigenvalue weighted by molar-refractivity contribution is 0.0746. The summed E-state index contributed by atoms with van der Waals surface area (Å²) in [5.41, 5.74) is 1.55. The molecule has 0 radical (unpaired) electrons. The molecule has 0 saturated carbocycles. The molecule has 0 unspecified atom stereocenters. The van der Waals surface area contributed by atoms with Gasteiger partial charge in [-0.1, -0.05) is 12.1 Å². The van der Waals surface area contributed by atoms with Gasteiger partial charge in [0.05, 0.1) is 17.2 Å². The van der Waals surface area contributed by atoms with Crippen molar-refractivity contribution in [2.75, 3.05) is 43.9 Å². The Labute approximate surface area is 160 Å². The normalized spacial score (nSPS) is 14.9. The van der Waals surface area contributed by atoms with Gasteiger partial charge in [0.25, 0.3) is 5.91 Å². The molecule has 0 aliphatic carbocycles. The van der Waals surface area contributed by atoms with Gasteiger partial charge in [-0.05, 0) is 43.3 Å². The van der Waals surface area contributed by atoms with Gasteiger partial charge in [-0.25, -0.2) is 8.42 Å². The first-order valence-corrected chi connectivity index (χ1v) is 10.9. The average molecular weight is 388 g/mol. The lowest BCUT2D eigenvalue weighted by Crippen LogP contribution is -2.48. The number of rotatable bonds is 5. The molecule has 0 spiro atoms. The number of piperazine rings is 1. The minimum absolute atomic E-state index is 0.0761. The van der Waals surface area contributed by atoms with Gasteiger partial charge in [-0.2, -0.15) is 0 Å². The number of nitrogens with zero attached hydrogens (tertiary/aromatic N) is 2. The Hall–Kier alpha value is -2.54. The predicted octanol–water partition coefficient (Wildman–Crippen LogP) is 2.45. The van der Waals surface area contributed by atoms with Crippen LogP contribution in [-0.2, 0) is 9.84 Å². The number of para-hydroxylation sites is 2. The Morgan fingerprint density at radius 1 is 1.00 bits per heavy atom. The van der Waals surface area contributed by atoms with Crippen molar-refractivity contribution < 1.29 is 17.9 Å². The minimum Gasteiger partial charge on any atom is -0.492 e. The SMILES string of the molecule is CCOc1ccccc1N1CCN(C(=O)c2ccc(S(C)(=O)=O)cc2)CC1. The van der Waals surface area contributed by atoms with Crippen LogP contribution >= 0.6 is 0 Å². The summed E-state index contributed by atoms with van der Waals surface area (Å²) in [5, 5.41) is 0. The second-order valence-corrected chi connectivity index (χ2v) is 8.49. The van der Waals surface area contributed by atoms with Crippen LogP contribution in [-0.4, -0.2) is 58.3 Å². The lowest BCUT2D eigenvalue weighted by Gasteiger charge is -2.36. The summed E-state index contributed by atoms with van der Waals surface area (Å²) in [7, 11) is -3.26. The van der Waals surface area contributed by atoms with E-state index in [1.54, 1.807) is 17.0 Å². The van der Waals surface area contributed by atoms with Crippen LogP contribution < -0.4 is 9.64 Å². The van der Waals surface area contributed by atoms with E-state index in [1.165, 1.54) is 12.1 Å². The van der Waals surface area contributed by atoms with Gasteiger partial charge < -0.3 is 14.5 Å². The van der Waals surface area contributed by atoms with Crippen LogP contribution in [0.5, 0.6) is 5.75 Å². The number of carbonyl (C=O) groups is 1. The van der Waals surface area contributed by atoms with Crippen LogP contribution in [0.15, 0.2) is 53.4 Å². The molecule has 0 atom stereocenters. The monoisotopic (exact) mass is 388 g/mol. The smallest absolute Gasteiger partial charge is 0.253 e. The van der Waals surface area contributed by atoms with E-state index in [9.17, 15) is 13.2 Å². The highest BCUT2D eigenvalue weighted by molar-refractivity contribution is 7.90. The zero-order valence-corrected chi connectivity index (χ0v) is 16.4. The molecule has 2 aromatic carbocycles. The topological polar surface area (TPSA) is 66.9 Å². The van der Waals surface area contributed by atoms with Gasteiger partial charge >= 0.3 is 0 Å². The summed E-state index contributed by atoms with van der Waals surface area (Å²) >= 11 is 0. The van der Waals surface area contributed by atoms with Crippen molar-refractivity contribution in [2.45, 2.75) is 11.8 Å². The Bertz CT molecular complexity index is 902. The Morgan fingerprint density at radius 3 is 2.22 bits per heavy atom. The maximum Gasteiger partial charge on any atom is 0.253 e. The Morgan fingerprint density at radius 2 is 1.63 bits per heavy atom. The molecule has 7 heteroatoms. The zero-order chi connectivity index (χ0) is 19.4. The van der Waals surface area contributed by atoms with E-state index < -0.39 is 9.84 Å². The van der Waals surface area contributed by atoms with Crippen LogP contribution in [0.3, 0.4) is 0 Å². The van der Waals surface area contributed by atoms with Gasteiger partial charge in [0.2, 0.25) is 0 Å². The predicted molar refractivity (Wildman–Crippen MR) is 105 cm³/mol. The lowest BCUT2D eigenvalue weighted by atomic mass is 10.1. The fraction of sp³-hybridized carbons (Fsp3) is 0.350. The summed E-state index contributed by atoms with van der Waals surface area (Å²) in [4.78, 5) is 17.0. The molecular weight excluding hydrogens is 364 g/mol. The molecule has 0 bridgehead atoms. The van der Waals surface area contributed by atoms with E-state index in [1.807, 2.05) is 31.2 Å². The molecule has 27 heavy (non-hydrogen) atoms. The van der Waals surface area contributed by atoms with Gasteiger partial charge in [-0.15, -0.1) is 0 Å². The van der Waals surface area contributed by atoms with Crippen molar-refractivity contribution in [2.24, 2.45) is 0 Å². The number of amides is 1. The second kappa shape index (κ2) is 8.00.